The van der Waals surface area contributed by atoms with Crippen molar-refractivity contribution in [2.45, 2.75) is 32.9 Å². The highest BCUT2D eigenvalue weighted by Crippen LogP contribution is 2.02. The van der Waals surface area contributed by atoms with Gasteiger partial charge in [0, 0.05) is 23.5 Å². The minimum absolute atomic E-state index is 0.0896. The topological polar surface area (TPSA) is 88.0 Å². The van der Waals surface area contributed by atoms with Crippen LogP contribution in [0.3, 0.4) is 0 Å². The van der Waals surface area contributed by atoms with Crippen LogP contribution in [0.5, 0.6) is 0 Å². The molecule has 1 aromatic heterocycles. The number of amides is 1. The van der Waals surface area contributed by atoms with Crippen molar-refractivity contribution < 1.29 is 4.79 Å². The Morgan fingerprint density at radius 3 is 2.81 bits per heavy atom. The highest BCUT2D eigenvalue weighted by Gasteiger charge is 2.12. The van der Waals surface area contributed by atoms with E-state index >= 15 is 0 Å². The zero-order valence-corrected chi connectivity index (χ0v) is 10.3. The third kappa shape index (κ3) is 4.16. The summed E-state index contributed by atoms with van der Waals surface area (Å²) in [5.41, 5.74) is 6.50. The highest BCUT2D eigenvalue weighted by atomic mass is 32.1. The zero-order valence-electron chi connectivity index (χ0n) is 9.45. The lowest BCUT2D eigenvalue weighted by atomic mass is 10.0. The first-order valence-electron chi connectivity index (χ1n) is 5.18. The maximum absolute atomic E-state index is 11.5. The van der Waals surface area contributed by atoms with Crippen molar-refractivity contribution in [1.82, 2.24) is 10.3 Å². The van der Waals surface area contributed by atoms with Crippen molar-refractivity contribution >= 4 is 17.2 Å². The smallest absolute Gasteiger partial charge is 0.304 e. The van der Waals surface area contributed by atoms with Crippen LogP contribution in [0.4, 0.5) is 0 Å². The minimum atomic E-state index is -0.124. The fraction of sp³-hybridized carbons (Fsp3) is 0.600. The number of thiazole rings is 1. The van der Waals surface area contributed by atoms with Gasteiger partial charge < -0.3 is 16.0 Å². The number of aromatic nitrogens is 1. The molecule has 0 aliphatic carbocycles. The molecule has 6 heteroatoms. The second-order valence-corrected chi connectivity index (χ2v) is 4.90. The molecule has 0 aliphatic heterocycles. The molecule has 1 amide bonds. The molecule has 1 unspecified atom stereocenters. The van der Waals surface area contributed by atoms with E-state index in [1.54, 1.807) is 5.38 Å². The highest BCUT2D eigenvalue weighted by molar-refractivity contribution is 7.07. The first-order valence-corrected chi connectivity index (χ1v) is 6.06. The predicted molar refractivity (Wildman–Crippen MR) is 64.2 cm³/mol. The normalized spacial score (nSPS) is 12.8. The van der Waals surface area contributed by atoms with Gasteiger partial charge in [0.25, 0.3) is 0 Å². The monoisotopic (exact) mass is 243 g/mol. The largest absolute Gasteiger partial charge is 0.350 e. The van der Waals surface area contributed by atoms with Crippen LogP contribution in [0.2, 0.25) is 0 Å². The standard InChI is InChI=1S/C10H17N3O2S/c1-6(2)8(11)3-9(14)12-4-7-5-16-10(15)13-7/h5-6,8H,3-4,11H2,1-2H3,(H,12,14)(H,13,15). The van der Waals surface area contributed by atoms with Gasteiger partial charge in [-0.05, 0) is 5.92 Å². The number of hydrogen-bond acceptors (Lipinski definition) is 4. The summed E-state index contributed by atoms with van der Waals surface area (Å²) >= 11 is 1.09. The fourth-order valence-electron chi connectivity index (χ4n) is 1.12. The average molecular weight is 243 g/mol. The Morgan fingerprint density at radius 2 is 2.31 bits per heavy atom. The molecule has 1 aromatic rings. The molecule has 0 saturated heterocycles. The van der Waals surface area contributed by atoms with Crippen molar-refractivity contribution in [3.8, 4) is 0 Å². The molecular formula is C10H17N3O2S. The summed E-state index contributed by atoms with van der Waals surface area (Å²) in [7, 11) is 0. The molecule has 90 valence electrons. The molecule has 1 heterocycles. The summed E-state index contributed by atoms with van der Waals surface area (Å²) in [6.45, 7) is 4.31. The van der Waals surface area contributed by atoms with E-state index in [4.69, 9.17) is 5.73 Å². The number of aromatic amines is 1. The van der Waals surface area contributed by atoms with E-state index in [1.165, 1.54) is 0 Å². The van der Waals surface area contributed by atoms with Crippen LogP contribution >= 0.6 is 11.3 Å². The van der Waals surface area contributed by atoms with Crippen LogP contribution in [0.25, 0.3) is 0 Å². The van der Waals surface area contributed by atoms with Crippen molar-refractivity contribution in [3.63, 3.8) is 0 Å². The Bertz CT molecular complexity index is 397. The van der Waals surface area contributed by atoms with Crippen LogP contribution < -0.4 is 15.9 Å². The van der Waals surface area contributed by atoms with Gasteiger partial charge in [0.05, 0.1) is 6.54 Å². The number of rotatable bonds is 5. The molecular weight excluding hydrogens is 226 g/mol. The number of nitrogens with one attached hydrogen (secondary N) is 2. The first-order chi connectivity index (χ1) is 7.49. The molecule has 0 fully saturated rings. The molecule has 4 N–H and O–H groups in total. The molecule has 0 aliphatic rings. The van der Waals surface area contributed by atoms with Gasteiger partial charge in [-0.3, -0.25) is 9.59 Å². The molecule has 0 spiro atoms. The molecule has 0 aromatic carbocycles. The zero-order chi connectivity index (χ0) is 12.1. The van der Waals surface area contributed by atoms with Crippen molar-refractivity contribution in [2.75, 3.05) is 0 Å². The average Bonchev–Trinajstić information content (AvgIpc) is 2.61. The van der Waals surface area contributed by atoms with Crippen molar-refractivity contribution in [3.05, 3.63) is 20.7 Å². The molecule has 0 saturated carbocycles. The van der Waals surface area contributed by atoms with Crippen LogP contribution in [-0.2, 0) is 11.3 Å². The van der Waals surface area contributed by atoms with Gasteiger partial charge in [-0.1, -0.05) is 25.2 Å². The van der Waals surface area contributed by atoms with E-state index in [0.29, 0.717) is 13.0 Å². The maximum Gasteiger partial charge on any atom is 0.304 e. The minimum Gasteiger partial charge on any atom is -0.350 e. The Balaban J connectivity index is 2.33. The van der Waals surface area contributed by atoms with Gasteiger partial charge in [0.2, 0.25) is 5.91 Å². The Kier molecular flexibility index (Phi) is 4.70. The molecule has 0 bridgehead atoms. The van der Waals surface area contributed by atoms with E-state index in [1.807, 2.05) is 13.8 Å². The van der Waals surface area contributed by atoms with Gasteiger partial charge in [0.1, 0.15) is 0 Å². The number of hydrogen-bond donors (Lipinski definition) is 3. The van der Waals surface area contributed by atoms with E-state index in [2.05, 4.69) is 10.3 Å². The summed E-state index contributed by atoms with van der Waals surface area (Å²) in [5, 5.41) is 4.42. The van der Waals surface area contributed by atoms with Crippen LogP contribution in [0, 0.1) is 5.92 Å². The third-order valence-electron chi connectivity index (χ3n) is 2.32. The van der Waals surface area contributed by atoms with Crippen LogP contribution in [-0.4, -0.2) is 16.9 Å². The number of carbonyl (C=O) groups is 1. The lowest BCUT2D eigenvalue weighted by molar-refractivity contribution is -0.121. The van der Waals surface area contributed by atoms with Gasteiger partial charge >= 0.3 is 4.87 Å². The summed E-state index contributed by atoms with van der Waals surface area (Å²) in [4.78, 5) is 24.8. The quantitative estimate of drug-likeness (QED) is 0.700. The van der Waals surface area contributed by atoms with Gasteiger partial charge in [-0.15, -0.1) is 0 Å². The van der Waals surface area contributed by atoms with E-state index < -0.39 is 0 Å². The number of H-pyrrole nitrogens is 1. The van der Waals surface area contributed by atoms with Crippen LogP contribution in [0.1, 0.15) is 26.0 Å². The Hall–Kier alpha value is -1.14. The maximum atomic E-state index is 11.5. The van der Waals surface area contributed by atoms with Crippen molar-refractivity contribution in [2.24, 2.45) is 11.7 Å². The molecule has 1 rings (SSSR count). The Labute approximate surface area is 98.1 Å². The molecule has 1 atom stereocenters. The lowest BCUT2D eigenvalue weighted by Crippen LogP contribution is -2.34. The molecule has 0 radical (unpaired) electrons. The fourth-order valence-corrected chi connectivity index (χ4v) is 1.70. The second-order valence-electron chi connectivity index (χ2n) is 4.06. The summed E-state index contributed by atoms with van der Waals surface area (Å²) in [5.74, 6) is 0.194. The van der Waals surface area contributed by atoms with Gasteiger partial charge in [-0.25, -0.2) is 0 Å². The first kappa shape index (κ1) is 12.9. The summed E-state index contributed by atoms with van der Waals surface area (Å²) in [6.07, 6.45) is 0.312. The van der Waals surface area contributed by atoms with Crippen molar-refractivity contribution in [1.29, 1.82) is 0 Å². The van der Waals surface area contributed by atoms with Crippen LogP contribution in [0.15, 0.2) is 10.2 Å². The number of nitrogens with two attached hydrogens (primary N) is 1. The summed E-state index contributed by atoms with van der Waals surface area (Å²) in [6, 6.07) is -0.124. The Morgan fingerprint density at radius 1 is 1.62 bits per heavy atom. The molecule has 16 heavy (non-hydrogen) atoms. The third-order valence-corrected chi connectivity index (χ3v) is 3.04. The molecule has 5 nitrogen and oxygen atoms in total. The van der Waals surface area contributed by atoms with E-state index in [0.717, 1.165) is 17.0 Å². The van der Waals surface area contributed by atoms with E-state index in [-0.39, 0.29) is 22.7 Å². The summed E-state index contributed by atoms with van der Waals surface area (Å²) < 4.78 is 0. The predicted octanol–water partition coefficient (Wildman–Crippen LogP) is 0.426. The van der Waals surface area contributed by atoms with Gasteiger partial charge in [-0.2, -0.15) is 0 Å². The number of carbonyl (C=O) groups excluding carboxylic acids is 1. The van der Waals surface area contributed by atoms with Gasteiger partial charge in [0.15, 0.2) is 0 Å². The SMILES string of the molecule is CC(C)C(N)CC(=O)NCc1csc(=O)[nH]1. The second kappa shape index (κ2) is 5.81. The lowest BCUT2D eigenvalue weighted by Gasteiger charge is -2.14. The van der Waals surface area contributed by atoms with E-state index in [9.17, 15) is 9.59 Å².